The number of phenolic OH excluding ortho intramolecular Hbond substituents is 1. The first-order valence-electron chi connectivity index (χ1n) is 9.38. The summed E-state index contributed by atoms with van der Waals surface area (Å²) >= 11 is 0. The van der Waals surface area contributed by atoms with Crippen molar-refractivity contribution < 1.29 is 10.0 Å². The standard InChI is InChI=1S/C20H25N5O3/c1-2-21-20(22-15-16-7-9-17(10-8-16)25(27)28)24-13-11-23(12-14-24)18-5-3-4-6-19(18)26/h3-10,26H,2,11-15H2,1H3,(H,21,22). The van der Waals surface area contributed by atoms with Crippen molar-refractivity contribution >= 4 is 17.3 Å². The van der Waals surface area contributed by atoms with E-state index in [1.165, 1.54) is 12.1 Å². The van der Waals surface area contributed by atoms with Crippen LogP contribution in [0.4, 0.5) is 11.4 Å². The van der Waals surface area contributed by atoms with Crippen molar-refractivity contribution in [3.05, 3.63) is 64.2 Å². The van der Waals surface area contributed by atoms with E-state index in [2.05, 4.69) is 15.1 Å². The van der Waals surface area contributed by atoms with Gasteiger partial charge >= 0.3 is 0 Å². The van der Waals surface area contributed by atoms with Crippen molar-refractivity contribution in [1.82, 2.24) is 10.2 Å². The van der Waals surface area contributed by atoms with Crippen LogP contribution in [0.2, 0.25) is 0 Å². The summed E-state index contributed by atoms with van der Waals surface area (Å²) in [6.07, 6.45) is 0. The van der Waals surface area contributed by atoms with E-state index in [0.717, 1.165) is 49.9 Å². The molecule has 148 valence electrons. The zero-order chi connectivity index (χ0) is 19.9. The number of nitro benzene ring substituents is 1. The third kappa shape index (κ3) is 4.70. The van der Waals surface area contributed by atoms with Crippen molar-refractivity contribution in [1.29, 1.82) is 0 Å². The van der Waals surface area contributed by atoms with E-state index in [1.54, 1.807) is 18.2 Å². The fraction of sp³-hybridized carbons (Fsp3) is 0.350. The topological polar surface area (TPSA) is 94.2 Å². The fourth-order valence-electron chi connectivity index (χ4n) is 3.21. The highest BCUT2D eigenvalue weighted by Gasteiger charge is 2.21. The highest BCUT2D eigenvalue weighted by molar-refractivity contribution is 5.80. The fourth-order valence-corrected chi connectivity index (χ4v) is 3.21. The Morgan fingerprint density at radius 1 is 1.14 bits per heavy atom. The van der Waals surface area contributed by atoms with Gasteiger partial charge in [-0.25, -0.2) is 4.99 Å². The molecule has 1 aliphatic heterocycles. The number of piperazine rings is 1. The Balaban J connectivity index is 1.63. The summed E-state index contributed by atoms with van der Waals surface area (Å²) in [5, 5.41) is 24.1. The molecule has 0 spiro atoms. The molecular weight excluding hydrogens is 358 g/mol. The molecule has 3 rings (SSSR count). The van der Waals surface area contributed by atoms with Crippen molar-refractivity contribution in [3.8, 4) is 5.75 Å². The maximum absolute atomic E-state index is 10.8. The molecule has 0 aliphatic carbocycles. The van der Waals surface area contributed by atoms with Crippen LogP contribution in [0.25, 0.3) is 0 Å². The van der Waals surface area contributed by atoms with Crippen LogP contribution in [0.3, 0.4) is 0 Å². The predicted molar refractivity (Wildman–Crippen MR) is 110 cm³/mol. The summed E-state index contributed by atoms with van der Waals surface area (Å²) in [5.74, 6) is 1.13. The molecule has 8 heteroatoms. The molecule has 0 amide bonds. The number of anilines is 1. The van der Waals surface area contributed by atoms with Gasteiger partial charge in [0.05, 0.1) is 17.2 Å². The lowest BCUT2D eigenvalue weighted by molar-refractivity contribution is -0.384. The van der Waals surface area contributed by atoms with Crippen LogP contribution in [0.5, 0.6) is 5.75 Å². The van der Waals surface area contributed by atoms with Crippen LogP contribution in [0.15, 0.2) is 53.5 Å². The first-order chi connectivity index (χ1) is 13.6. The molecule has 0 bridgehead atoms. The van der Waals surface area contributed by atoms with E-state index in [1.807, 2.05) is 25.1 Å². The van der Waals surface area contributed by atoms with Gasteiger partial charge in [-0.2, -0.15) is 0 Å². The molecule has 0 saturated carbocycles. The van der Waals surface area contributed by atoms with Crippen LogP contribution in [-0.2, 0) is 6.54 Å². The molecule has 0 unspecified atom stereocenters. The zero-order valence-electron chi connectivity index (χ0n) is 15.9. The summed E-state index contributed by atoms with van der Waals surface area (Å²) in [4.78, 5) is 19.4. The molecule has 2 aromatic rings. The van der Waals surface area contributed by atoms with Gasteiger partial charge in [-0.3, -0.25) is 10.1 Å². The van der Waals surface area contributed by atoms with Gasteiger partial charge in [0.15, 0.2) is 5.96 Å². The molecule has 1 saturated heterocycles. The number of hydrogen-bond acceptors (Lipinski definition) is 5. The quantitative estimate of drug-likeness (QED) is 0.357. The molecule has 1 aliphatic rings. The van der Waals surface area contributed by atoms with Gasteiger partial charge in [-0.05, 0) is 24.6 Å². The number of para-hydroxylation sites is 2. The average Bonchev–Trinajstić information content (AvgIpc) is 2.72. The minimum Gasteiger partial charge on any atom is -0.506 e. The second-order valence-corrected chi connectivity index (χ2v) is 6.56. The lowest BCUT2D eigenvalue weighted by Crippen LogP contribution is -2.52. The number of aromatic hydroxyl groups is 1. The summed E-state index contributed by atoms with van der Waals surface area (Å²) < 4.78 is 0. The third-order valence-corrected chi connectivity index (χ3v) is 4.70. The average molecular weight is 383 g/mol. The van der Waals surface area contributed by atoms with Crippen LogP contribution < -0.4 is 10.2 Å². The zero-order valence-corrected chi connectivity index (χ0v) is 15.9. The van der Waals surface area contributed by atoms with Crippen LogP contribution >= 0.6 is 0 Å². The number of non-ortho nitro benzene ring substituents is 1. The molecule has 0 aromatic heterocycles. The Labute approximate surface area is 164 Å². The van der Waals surface area contributed by atoms with E-state index >= 15 is 0 Å². The molecule has 28 heavy (non-hydrogen) atoms. The van der Waals surface area contributed by atoms with Gasteiger partial charge in [-0.1, -0.05) is 24.3 Å². The first-order valence-corrected chi connectivity index (χ1v) is 9.38. The van der Waals surface area contributed by atoms with E-state index in [0.29, 0.717) is 12.3 Å². The third-order valence-electron chi connectivity index (χ3n) is 4.70. The monoisotopic (exact) mass is 383 g/mol. The smallest absolute Gasteiger partial charge is 0.269 e. The number of guanidine groups is 1. The Hall–Kier alpha value is -3.29. The Morgan fingerprint density at radius 2 is 1.82 bits per heavy atom. The minimum absolute atomic E-state index is 0.0833. The Bertz CT molecular complexity index is 830. The molecule has 1 heterocycles. The SMILES string of the molecule is CCNC(=NCc1ccc([N+](=O)[O-])cc1)N1CCN(c2ccccc2O)CC1. The van der Waals surface area contributed by atoms with E-state index in [4.69, 9.17) is 4.99 Å². The normalized spacial score (nSPS) is 14.8. The van der Waals surface area contributed by atoms with E-state index < -0.39 is 4.92 Å². The van der Waals surface area contributed by atoms with Crippen molar-refractivity contribution in [2.45, 2.75) is 13.5 Å². The number of hydrogen-bond donors (Lipinski definition) is 2. The molecule has 0 atom stereocenters. The molecule has 8 nitrogen and oxygen atoms in total. The van der Waals surface area contributed by atoms with Crippen molar-refractivity contribution in [2.75, 3.05) is 37.6 Å². The molecule has 0 radical (unpaired) electrons. The minimum atomic E-state index is -0.402. The van der Waals surface area contributed by atoms with Gasteiger partial charge in [0.25, 0.3) is 5.69 Å². The lowest BCUT2D eigenvalue weighted by Gasteiger charge is -2.37. The Kier molecular flexibility index (Phi) is 6.31. The summed E-state index contributed by atoms with van der Waals surface area (Å²) in [5.41, 5.74) is 1.86. The number of nitrogens with zero attached hydrogens (tertiary/aromatic N) is 4. The molecule has 2 N–H and O–H groups in total. The van der Waals surface area contributed by atoms with Crippen LogP contribution in [0.1, 0.15) is 12.5 Å². The number of nitrogens with one attached hydrogen (secondary N) is 1. The second kappa shape index (κ2) is 9.07. The van der Waals surface area contributed by atoms with Gasteiger partial charge in [-0.15, -0.1) is 0 Å². The van der Waals surface area contributed by atoms with E-state index in [-0.39, 0.29) is 5.69 Å². The predicted octanol–water partition coefficient (Wildman–Crippen LogP) is 2.59. The first kappa shape index (κ1) is 19.5. The number of benzene rings is 2. The molecule has 2 aromatic carbocycles. The van der Waals surface area contributed by atoms with Gasteiger partial charge in [0.2, 0.25) is 0 Å². The van der Waals surface area contributed by atoms with Gasteiger partial charge in [0.1, 0.15) is 5.75 Å². The number of rotatable bonds is 5. The number of phenols is 1. The highest BCUT2D eigenvalue weighted by Crippen LogP contribution is 2.27. The molecular formula is C20H25N5O3. The van der Waals surface area contributed by atoms with Crippen molar-refractivity contribution in [2.24, 2.45) is 4.99 Å². The highest BCUT2D eigenvalue weighted by atomic mass is 16.6. The van der Waals surface area contributed by atoms with Gasteiger partial charge in [0, 0.05) is 44.9 Å². The summed E-state index contributed by atoms with van der Waals surface area (Å²) in [6, 6.07) is 13.9. The molecule has 1 fully saturated rings. The van der Waals surface area contributed by atoms with Crippen LogP contribution in [-0.4, -0.2) is 53.6 Å². The van der Waals surface area contributed by atoms with Crippen molar-refractivity contribution in [3.63, 3.8) is 0 Å². The van der Waals surface area contributed by atoms with Gasteiger partial charge < -0.3 is 20.2 Å². The largest absolute Gasteiger partial charge is 0.506 e. The second-order valence-electron chi connectivity index (χ2n) is 6.56. The Morgan fingerprint density at radius 3 is 2.43 bits per heavy atom. The van der Waals surface area contributed by atoms with Crippen LogP contribution in [0, 0.1) is 10.1 Å². The summed E-state index contributed by atoms with van der Waals surface area (Å²) in [6.45, 7) is 6.42. The number of nitro groups is 1. The van der Waals surface area contributed by atoms with E-state index in [9.17, 15) is 15.2 Å². The maximum atomic E-state index is 10.8. The maximum Gasteiger partial charge on any atom is 0.269 e. The summed E-state index contributed by atoms with van der Waals surface area (Å²) in [7, 11) is 0. The lowest BCUT2D eigenvalue weighted by atomic mass is 10.2. The number of aliphatic imine (C=N–C) groups is 1.